The number of anilines is 2. The fourth-order valence-electron chi connectivity index (χ4n) is 2.21. The van der Waals surface area contributed by atoms with Gasteiger partial charge >= 0.3 is 0 Å². The van der Waals surface area contributed by atoms with Crippen molar-refractivity contribution in [2.45, 2.75) is 37.0 Å². The van der Waals surface area contributed by atoms with E-state index >= 15 is 0 Å². The van der Waals surface area contributed by atoms with Crippen LogP contribution >= 0.6 is 23.4 Å². The molecule has 6 heteroatoms. The number of aromatic nitrogens is 2. The summed E-state index contributed by atoms with van der Waals surface area (Å²) in [5, 5.41) is 4.35. The average Bonchev–Trinajstić information content (AvgIpc) is 2.35. The SMILES string of the molecule is CSC1CCCCC1Nc1ncnc(Cl)c1N. The van der Waals surface area contributed by atoms with Crippen LogP contribution in [0.3, 0.4) is 0 Å². The molecule has 1 aliphatic carbocycles. The predicted molar refractivity (Wildman–Crippen MR) is 74.6 cm³/mol. The Balaban J connectivity index is 2.11. The van der Waals surface area contributed by atoms with E-state index < -0.39 is 0 Å². The Morgan fingerprint density at radius 2 is 2.18 bits per heavy atom. The lowest BCUT2D eigenvalue weighted by Gasteiger charge is -2.31. The van der Waals surface area contributed by atoms with Gasteiger partial charge in [-0.1, -0.05) is 24.4 Å². The smallest absolute Gasteiger partial charge is 0.157 e. The second kappa shape index (κ2) is 5.78. The molecule has 1 aromatic heterocycles. The molecule has 0 radical (unpaired) electrons. The fraction of sp³-hybridized carbons (Fsp3) is 0.636. The first-order chi connectivity index (χ1) is 8.22. The first-order valence-corrected chi connectivity index (χ1v) is 7.44. The van der Waals surface area contributed by atoms with Crippen molar-refractivity contribution >= 4 is 34.9 Å². The molecule has 1 aliphatic rings. The molecule has 0 spiro atoms. The van der Waals surface area contributed by atoms with Crippen molar-refractivity contribution in [2.24, 2.45) is 0 Å². The number of nitrogens with two attached hydrogens (primary N) is 1. The Morgan fingerprint density at radius 3 is 2.94 bits per heavy atom. The monoisotopic (exact) mass is 272 g/mol. The highest BCUT2D eigenvalue weighted by Crippen LogP contribution is 2.31. The van der Waals surface area contributed by atoms with Crippen LogP contribution in [0.4, 0.5) is 11.5 Å². The summed E-state index contributed by atoms with van der Waals surface area (Å²) in [4.78, 5) is 8.02. The Morgan fingerprint density at radius 1 is 1.41 bits per heavy atom. The van der Waals surface area contributed by atoms with Crippen LogP contribution in [0.25, 0.3) is 0 Å². The lowest BCUT2D eigenvalue weighted by molar-refractivity contribution is 0.474. The topological polar surface area (TPSA) is 63.8 Å². The van der Waals surface area contributed by atoms with Crippen LogP contribution in [-0.4, -0.2) is 27.5 Å². The minimum Gasteiger partial charge on any atom is -0.393 e. The van der Waals surface area contributed by atoms with Gasteiger partial charge in [-0.25, -0.2) is 9.97 Å². The highest BCUT2D eigenvalue weighted by molar-refractivity contribution is 7.99. The van der Waals surface area contributed by atoms with Crippen LogP contribution in [-0.2, 0) is 0 Å². The summed E-state index contributed by atoms with van der Waals surface area (Å²) in [6.45, 7) is 0. The summed E-state index contributed by atoms with van der Waals surface area (Å²) in [7, 11) is 0. The fourth-order valence-corrected chi connectivity index (χ4v) is 3.28. The number of nitrogens with zero attached hydrogens (tertiary/aromatic N) is 2. The number of nitrogens with one attached hydrogen (secondary N) is 1. The Kier molecular flexibility index (Phi) is 4.34. The molecule has 94 valence electrons. The van der Waals surface area contributed by atoms with Crippen LogP contribution < -0.4 is 11.1 Å². The third kappa shape index (κ3) is 2.96. The molecule has 0 aromatic carbocycles. The van der Waals surface area contributed by atoms with E-state index in [0.717, 1.165) is 6.42 Å². The quantitative estimate of drug-likeness (QED) is 0.829. The van der Waals surface area contributed by atoms with E-state index in [-0.39, 0.29) is 0 Å². The van der Waals surface area contributed by atoms with E-state index in [9.17, 15) is 0 Å². The Bertz CT molecular complexity index is 388. The van der Waals surface area contributed by atoms with Crippen molar-refractivity contribution in [3.05, 3.63) is 11.5 Å². The van der Waals surface area contributed by atoms with Gasteiger partial charge in [-0.05, 0) is 19.1 Å². The zero-order chi connectivity index (χ0) is 12.3. The molecule has 0 aliphatic heterocycles. The molecule has 1 fully saturated rings. The molecule has 0 saturated heterocycles. The van der Waals surface area contributed by atoms with Crippen molar-refractivity contribution in [3.8, 4) is 0 Å². The van der Waals surface area contributed by atoms with Gasteiger partial charge in [0.1, 0.15) is 12.0 Å². The van der Waals surface area contributed by atoms with Crippen molar-refractivity contribution in [3.63, 3.8) is 0 Å². The number of hydrogen-bond acceptors (Lipinski definition) is 5. The van der Waals surface area contributed by atoms with E-state index in [1.807, 2.05) is 11.8 Å². The van der Waals surface area contributed by atoms with Gasteiger partial charge in [-0.15, -0.1) is 0 Å². The van der Waals surface area contributed by atoms with Gasteiger partial charge in [-0.2, -0.15) is 11.8 Å². The molecular weight excluding hydrogens is 256 g/mol. The Hall–Kier alpha value is -0.680. The average molecular weight is 273 g/mol. The molecule has 1 saturated carbocycles. The zero-order valence-electron chi connectivity index (χ0n) is 9.82. The second-order valence-corrected chi connectivity index (χ2v) is 5.67. The molecule has 1 aromatic rings. The standard InChI is InChI=1S/C11H17ClN4S/c1-17-8-5-3-2-4-7(8)16-11-9(13)10(12)14-6-15-11/h6-8H,2-5,13H2,1H3,(H,14,15,16). The molecule has 2 unspecified atom stereocenters. The number of nitrogen functional groups attached to an aromatic ring is 1. The third-order valence-corrected chi connectivity index (χ3v) is 4.63. The summed E-state index contributed by atoms with van der Waals surface area (Å²) in [5.74, 6) is 0.663. The summed E-state index contributed by atoms with van der Waals surface area (Å²) in [5.41, 5.74) is 6.30. The van der Waals surface area contributed by atoms with Gasteiger partial charge in [0, 0.05) is 11.3 Å². The van der Waals surface area contributed by atoms with Crippen LogP contribution in [0.15, 0.2) is 6.33 Å². The normalized spacial score (nSPS) is 24.6. The van der Waals surface area contributed by atoms with E-state index in [1.165, 1.54) is 25.6 Å². The van der Waals surface area contributed by atoms with Crippen molar-refractivity contribution in [1.82, 2.24) is 9.97 Å². The number of thioether (sulfide) groups is 1. The van der Waals surface area contributed by atoms with Crippen LogP contribution in [0.2, 0.25) is 5.15 Å². The molecule has 0 amide bonds. The highest BCUT2D eigenvalue weighted by Gasteiger charge is 2.25. The van der Waals surface area contributed by atoms with Crippen molar-refractivity contribution in [1.29, 1.82) is 0 Å². The molecular formula is C11H17ClN4S. The largest absolute Gasteiger partial charge is 0.393 e. The lowest BCUT2D eigenvalue weighted by atomic mass is 9.95. The van der Waals surface area contributed by atoms with E-state index in [0.29, 0.717) is 28.0 Å². The maximum Gasteiger partial charge on any atom is 0.157 e. The van der Waals surface area contributed by atoms with Crippen molar-refractivity contribution < 1.29 is 0 Å². The van der Waals surface area contributed by atoms with Gasteiger partial charge < -0.3 is 11.1 Å². The minimum atomic E-state index is 0.319. The molecule has 1 heterocycles. The third-order valence-electron chi connectivity index (χ3n) is 3.16. The predicted octanol–water partition coefficient (Wildman–Crippen LogP) is 2.80. The second-order valence-electron chi connectivity index (χ2n) is 4.24. The molecule has 0 bridgehead atoms. The van der Waals surface area contributed by atoms with Gasteiger partial charge in [0.25, 0.3) is 0 Å². The summed E-state index contributed by atoms with van der Waals surface area (Å²) in [6, 6.07) is 0.423. The van der Waals surface area contributed by atoms with E-state index in [4.69, 9.17) is 17.3 Å². The number of hydrogen-bond donors (Lipinski definition) is 2. The van der Waals surface area contributed by atoms with Gasteiger partial charge in [0.15, 0.2) is 11.0 Å². The minimum absolute atomic E-state index is 0.319. The van der Waals surface area contributed by atoms with Crippen LogP contribution in [0, 0.1) is 0 Å². The van der Waals surface area contributed by atoms with Crippen LogP contribution in [0.1, 0.15) is 25.7 Å². The molecule has 4 nitrogen and oxygen atoms in total. The van der Waals surface area contributed by atoms with Gasteiger partial charge in [0.05, 0.1) is 0 Å². The highest BCUT2D eigenvalue weighted by atomic mass is 35.5. The van der Waals surface area contributed by atoms with E-state index in [1.54, 1.807) is 0 Å². The maximum atomic E-state index is 5.88. The van der Waals surface area contributed by atoms with Gasteiger partial charge in [-0.3, -0.25) is 0 Å². The molecule has 2 atom stereocenters. The summed E-state index contributed by atoms with van der Waals surface area (Å²) >= 11 is 7.78. The molecule has 17 heavy (non-hydrogen) atoms. The molecule has 3 N–H and O–H groups in total. The molecule has 2 rings (SSSR count). The first-order valence-electron chi connectivity index (χ1n) is 5.77. The van der Waals surface area contributed by atoms with Gasteiger partial charge in [0.2, 0.25) is 0 Å². The van der Waals surface area contributed by atoms with E-state index in [2.05, 4.69) is 21.5 Å². The Labute approximate surface area is 111 Å². The first kappa shape index (κ1) is 12.8. The number of halogens is 1. The maximum absolute atomic E-state index is 5.88. The lowest BCUT2D eigenvalue weighted by Crippen LogP contribution is -2.34. The summed E-state index contributed by atoms with van der Waals surface area (Å²) in [6.07, 6.45) is 8.57. The van der Waals surface area contributed by atoms with Crippen molar-refractivity contribution in [2.75, 3.05) is 17.3 Å². The number of rotatable bonds is 3. The zero-order valence-corrected chi connectivity index (χ0v) is 11.4. The van der Waals surface area contributed by atoms with Crippen LogP contribution in [0.5, 0.6) is 0 Å². The summed E-state index contributed by atoms with van der Waals surface area (Å²) < 4.78 is 0.